The molecule has 2 aromatic rings. The number of hydrogen-bond donors (Lipinski definition) is 1. The van der Waals surface area contributed by atoms with E-state index in [1.807, 2.05) is 39.0 Å². The maximum atomic E-state index is 5.82. The smallest absolute Gasteiger partial charge is 0.220 e. The predicted octanol–water partition coefficient (Wildman–Crippen LogP) is 4.20. The van der Waals surface area contributed by atoms with Crippen molar-refractivity contribution >= 4 is 33.1 Å². The third-order valence-corrected chi connectivity index (χ3v) is 4.33. The fourth-order valence-electron chi connectivity index (χ4n) is 1.92. The van der Waals surface area contributed by atoms with Gasteiger partial charge in [-0.15, -0.1) is 0 Å². The molecule has 3 nitrogen and oxygen atoms in total. The highest BCUT2D eigenvalue weighted by molar-refractivity contribution is 9.10. The molecule has 0 saturated carbocycles. The summed E-state index contributed by atoms with van der Waals surface area (Å²) in [7, 11) is 0. The standard InChI is InChI=1S/C15H15BrN2OS/c1-8-4-12(5-9(2)14(8)16)19-13-7-11(15(17)20)6-10(3)18-13/h4-7H,1-3H3,(H2,17,20). The van der Waals surface area contributed by atoms with Gasteiger partial charge < -0.3 is 10.5 Å². The molecule has 0 fully saturated rings. The van der Waals surface area contributed by atoms with Crippen molar-refractivity contribution in [1.82, 2.24) is 4.98 Å². The van der Waals surface area contributed by atoms with E-state index in [1.54, 1.807) is 6.07 Å². The lowest BCUT2D eigenvalue weighted by atomic mass is 10.1. The topological polar surface area (TPSA) is 48.1 Å². The first kappa shape index (κ1) is 14.9. The Hall–Kier alpha value is -1.46. The molecule has 0 aliphatic heterocycles. The molecule has 20 heavy (non-hydrogen) atoms. The van der Waals surface area contributed by atoms with Crippen LogP contribution >= 0.6 is 28.1 Å². The highest BCUT2D eigenvalue weighted by Crippen LogP contribution is 2.29. The van der Waals surface area contributed by atoms with Gasteiger partial charge in [0.05, 0.1) is 0 Å². The molecular weight excluding hydrogens is 336 g/mol. The Morgan fingerprint density at radius 2 is 1.75 bits per heavy atom. The van der Waals surface area contributed by atoms with Crippen molar-refractivity contribution in [3.8, 4) is 11.6 Å². The molecule has 0 unspecified atom stereocenters. The lowest BCUT2D eigenvalue weighted by Gasteiger charge is -2.10. The average molecular weight is 351 g/mol. The fraction of sp³-hybridized carbons (Fsp3) is 0.200. The number of rotatable bonds is 3. The van der Waals surface area contributed by atoms with Crippen LogP contribution in [0.15, 0.2) is 28.7 Å². The largest absolute Gasteiger partial charge is 0.439 e. The first-order chi connectivity index (χ1) is 9.36. The first-order valence-corrected chi connectivity index (χ1v) is 7.30. The molecule has 2 rings (SSSR count). The van der Waals surface area contributed by atoms with Crippen molar-refractivity contribution < 1.29 is 4.74 Å². The van der Waals surface area contributed by atoms with Crippen LogP contribution in [0.25, 0.3) is 0 Å². The number of benzene rings is 1. The van der Waals surface area contributed by atoms with E-state index in [1.165, 1.54) is 0 Å². The second kappa shape index (κ2) is 5.89. The number of nitrogens with two attached hydrogens (primary N) is 1. The van der Waals surface area contributed by atoms with Gasteiger partial charge in [-0.3, -0.25) is 0 Å². The molecule has 1 aromatic heterocycles. The summed E-state index contributed by atoms with van der Waals surface area (Å²) in [5.74, 6) is 1.24. The Morgan fingerprint density at radius 3 is 2.30 bits per heavy atom. The summed E-state index contributed by atoms with van der Waals surface area (Å²) in [5.41, 5.74) is 9.45. The van der Waals surface area contributed by atoms with Gasteiger partial charge in [-0.25, -0.2) is 4.98 Å². The third kappa shape index (κ3) is 3.35. The fourth-order valence-corrected chi connectivity index (χ4v) is 2.27. The number of thiocarbonyl (C=S) groups is 1. The highest BCUT2D eigenvalue weighted by Gasteiger charge is 2.07. The second-order valence-electron chi connectivity index (χ2n) is 4.67. The monoisotopic (exact) mass is 350 g/mol. The predicted molar refractivity (Wildman–Crippen MR) is 88.6 cm³/mol. The summed E-state index contributed by atoms with van der Waals surface area (Å²) >= 11 is 8.53. The van der Waals surface area contributed by atoms with Gasteiger partial charge in [0.25, 0.3) is 0 Å². The van der Waals surface area contributed by atoms with Gasteiger partial charge in [0.2, 0.25) is 5.88 Å². The zero-order valence-corrected chi connectivity index (χ0v) is 13.9. The Balaban J connectivity index is 2.37. The summed E-state index contributed by atoms with van der Waals surface area (Å²) in [5, 5.41) is 0. The van der Waals surface area contributed by atoms with E-state index in [-0.39, 0.29) is 0 Å². The molecule has 5 heteroatoms. The van der Waals surface area contributed by atoms with Crippen LogP contribution in [0.3, 0.4) is 0 Å². The zero-order chi connectivity index (χ0) is 14.9. The van der Waals surface area contributed by atoms with Gasteiger partial charge in [0, 0.05) is 21.8 Å². The van der Waals surface area contributed by atoms with Crippen LogP contribution in [0.2, 0.25) is 0 Å². The third-order valence-electron chi connectivity index (χ3n) is 2.85. The summed E-state index contributed by atoms with van der Waals surface area (Å²) < 4.78 is 6.91. The van der Waals surface area contributed by atoms with Crippen LogP contribution in [0, 0.1) is 20.8 Å². The molecule has 1 aromatic carbocycles. The van der Waals surface area contributed by atoms with Crippen LogP contribution in [-0.2, 0) is 0 Å². The summed E-state index contributed by atoms with van der Waals surface area (Å²) in [6, 6.07) is 7.51. The van der Waals surface area contributed by atoms with E-state index in [9.17, 15) is 0 Å². The number of pyridine rings is 1. The first-order valence-electron chi connectivity index (χ1n) is 6.10. The van der Waals surface area contributed by atoms with Crippen molar-refractivity contribution in [2.45, 2.75) is 20.8 Å². The summed E-state index contributed by atoms with van der Waals surface area (Å²) in [6.07, 6.45) is 0. The molecule has 0 saturated heterocycles. The van der Waals surface area contributed by atoms with Gasteiger partial charge in [-0.2, -0.15) is 0 Å². The van der Waals surface area contributed by atoms with Crippen LogP contribution in [0.4, 0.5) is 0 Å². The van der Waals surface area contributed by atoms with E-state index < -0.39 is 0 Å². The number of halogens is 1. The molecule has 0 bridgehead atoms. The lowest BCUT2D eigenvalue weighted by Crippen LogP contribution is -2.10. The molecule has 1 heterocycles. The van der Waals surface area contributed by atoms with Crippen molar-refractivity contribution in [3.63, 3.8) is 0 Å². The summed E-state index contributed by atoms with van der Waals surface area (Å²) in [6.45, 7) is 5.93. The number of nitrogens with zero attached hydrogens (tertiary/aromatic N) is 1. The van der Waals surface area contributed by atoms with Gasteiger partial charge in [0.1, 0.15) is 10.7 Å². The Kier molecular flexibility index (Phi) is 4.40. The Labute approximate surface area is 132 Å². The number of ether oxygens (including phenoxy) is 1. The van der Waals surface area contributed by atoms with Crippen LogP contribution in [-0.4, -0.2) is 9.97 Å². The maximum Gasteiger partial charge on any atom is 0.220 e. The lowest BCUT2D eigenvalue weighted by molar-refractivity contribution is 0.460. The molecule has 0 aliphatic carbocycles. The van der Waals surface area contributed by atoms with Crippen molar-refractivity contribution in [1.29, 1.82) is 0 Å². The van der Waals surface area contributed by atoms with E-state index in [2.05, 4.69) is 20.9 Å². The van der Waals surface area contributed by atoms with Crippen molar-refractivity contribution in [2.75, 3.05) is 0 Å². The van der Waals surface area contributed by atoms with Gasteiger partial charge in [-0.1, -0.05) is 28.1 Å². The quantitative estimate of drug-likeness (QED) is 0.842. The Morgan fingerprint density at radius 1 is 1.15 bits per heavy atom. The minimum Gasteiger partial charge on any atom is -0.439 e. The molecule has 2 N–H and O–H groups in total. The average Bonchev–Trinajstić information content (AvgIpc) is 2.35. The number of hydrogen-bond acceptors (Lipinski definition) is 3. The summed E-state index contributed by atoms with van der Waals surface area (Å²) in [4.78, 5) is 4.68. The molecule has 0 aliphatic rings. The van der Waals surface area contributed by atoms with Crippen molar-refractivity contribution in [3.05, 3.63) is 51.1 Å². The van der Waals surface area contributed by atoms with Crippen LogP contribution in [0.1, 0.15) is 22.4 Å². The highest BCUT2D eigenvalue weighted by atomic mass is 79.9. The van der Waals surface area contributed by atoms with E-state index in [4.69, 9.17) is 22.7 Å². The van der Waals surface area contributed by atoms with E-state index >= 15 is 0 Å². The maximum absolute atomic E-state index is 5.82. The molecule has 0 radical (unpaired) electrons. The molecule has 0 amide bonds. The van der Waals surface area contributed by atoms with Crippen LogP contribution < -0.4 is 10.5 Å². The SMILES string of the molecule is Cc1cc(C(N)=S)cc(Oc2cc(C)c(Br)c(C)c2)n1. The Bertz CT molecular complexity index is 663. The van der Waals surface area contributed by atoms with Crippen LogP contribution in [0.5, 0.6) is 11.6 Å². The molecular formula is C15H15BrN2OS. The number of aromatic nitrogens is 1. The molecule has 0 spiro atoms. The van der Waals surface area contributed by atoms with Gasteiger partial charge in [0.15, 0.2) is 0 Å². The van der Waals surface area contributed by atoms with E-state index in [0.29, 0.717) is 10.9 Å². The minimum atomic E-state index is 0.337. The molecule has 0 atom stereocenters. The van der Waals surface area contributed by atoms with Gasteiger partial charge >= 0.3 is 0 Å². The second-order valence-corrected chi connectivity index (χ2v) is 5.91. The zero-order valence-electron chi connectivity index (χ0n) is 11.5. The molecule has 104 valence electrons. The van der Waals surface area contributed by atoms with E-state index in [0.717, 1.165) is 32.6 Å². The minimum absolute atomic E-state index is 0.337. The van der Waals surface area contributed by atoms with Crippen molar-refractivity contribution in [2.24, 2.45) is 5.73 Å². The number of aryl methyl sites for hydroxylation is 3. The normalized spacial score (nSPS) is 10.4. The van der Waals surface area contributed by atoms with Gasteiger partial charge in [-0.05, 0) is 50.1 Å².